The summed E-state index contributed by atoms with van der Waals surface area (Å²) >= 11 is 1.79. The Hall–Kier alpha value is -2.18. The van der Waals surface area contributed by atoms with E-state index in [0.29, 0.717) is 12.0 Å². The molecule has 0 spiro atoms. The van der Waals surface area contributed by atoms with E-state index >= 15 is 0 Å². The highest BCUT2D eigenvalue weighted by atomic mass is 32.1. The van der Waals surface area contributed by atoms with Crippen LogP contribution in [0.5, 0.6) is 0 Å². The fourth-order valence-electron chi connectivity index (χ4n) is 3.81. The van der Waals surface area contributed by atoms with Crippen molar-refractivity contribution in [3.8, 4) is 0 Å². The minimum Gasteiger partial charge on any atom is -0.353 e. The molecule has 2 amide bonds. The summed E-state index contributed by atoms with van der Waals surface area (Å²) in [6, 6.07) is 11.8. The summed E-state index contributed by atoms with van der Waals surface area (Å²) in [6.07, 6.45) is 2.26. The lowest BCUT2D eigenvalue weighted by atomic mass is 10.0. The SMILES string of the molecule is O=C(CC1NC(=O)c2ccccc21)NC1CCN(Cc2cccs2)CC1. The molecule has 0 radical (unpaired) electrons. The van der Waals surface area contributed by atoms with E-state index in [0.717, 1.165) is 38.0 Å². The first-order valence-corrected chi connectivity index (χ1v) is 10.0. The molecule has 1 unspecified atom stereocenters. The molecule has 1 fully saturated rings. The maximum atomic E-state index is 12.4. The molecule has 136 valence electrons. The number of nitrogens with zero attached hydrogens (tertiary/aromatic N) is 1. The molecule has 2 aliphatic rings. The van der Waals surface area contributed by atoms with E-state index in [1.165, 1.54) is 4.88 Å². The molecule has 1 aromatic heterocycles. The third-order valence-corrected chi connectivity index (χ3v) is 6.05. The maximum Gasteiger partial charge on any atom is 0.252 e. The normalized spacial score (nSPS) is 20.6. The average molecular weight is 369 g/mol. The minimum atomic E-state index is -0.211. The van der Waals surface area contributed by atoms with Gasteiger partial charge < -0.3 is 10.6 Å². The minimum absolute atomic E-state index is 0.0173. The van der Waals surface area contributed by atoms with Crippen LogP contribution in [-0.4, -0.2) is 35.8 Å². The highest BCUT2D eigenvalue weighted by Crippen LogP contribution is 2.27. The van der Waals surface area contributed by atoms with E-state index in [-0.39, 0.29) is 23.9 Å². The zero-order valence-electron chi connectivity index (χ0n) is 14.6. The standard InChI is InChI=1S/C20H23N3O2S/c24-19(12-18-16-5-1-2-6-17(16)20(25)22-18)21-14-7-9-23(10-8-14)13-15-4-3-11-26-15/h1-6,11,14,18H,7-10,12-13H2,(H,21,24)(H,22,25). The molecule has 3 heterocycles. The second-order valence-electron chi connectivity index (χ2n) is 7.01. The highest BCUT2D eigenvalue weighted by Gasteiger charge is 2.30. The first kappa shape index (κ1) is 17.2. The Bertz CT molecular complexity index is 782. The average Bonchev–Trinajstić information content (AvgIpc) is 3.26. The molecule has 0 bridgehead atoms. The van der Waals surface area contributed by atoms with Gasteiger partial charge >= 0.3 is 0 Å². The van der Waals surface area contributed by atoms with Crippen LogP contribution in [0.15, 0.2) is 41.8 Å². The van der Waals surface area contributed by atoms with E-state index in [9.17, 15) is 9.59 Å². The number of rotatable bonds is 5. The molecule has 2 N–H and O–H groups in total. The zero-order chi connectivity index (χ0) is 17.9. The van der Waals surface area contributed by atoms with Crippen LogP contribution >= 0.6 is 11.3 Å². The number of carbonyl (C=O) groups excluding carboxylic acids is 2. The van der Waals surface area contributed by atoms with E-state index < -0.39 is 0 Å². The number of benzene rings is 1. The zero-order valence-corrected chi connectivity index (χ0v) is 15.4. The van der Waals surface area contributed by atoms with Crippen LogP contribution in [0.3, 0.4) is 0 Å². The molecule has 2 aromatic rings. The number of fused-ring (bicyclic) bond motifs is 1. The van der Waals surface area contributed by atoms with Crippen molar-refractivity contribution in [1.82, 2.24) is 15.5 Å². The van der Waals surface area contributed by atoms with Crippen molar-refractivity contribution in [1.29, 1.82) is 0 Å². The van der Waals surface area contributed by atoms with Crippen molar-refractivity contribution in [2.24, 2.45) is 0 Å². The number of amides is 2. The number of piperidine rings is 1. The first-order valence-electron chi connectivity index (χ1n) is 9.13. The van der Waals surface area contributed by atoms with Gasteiger partial charge in [0.15, 0.2) is 0 Å². The molecule has 4 rings (SSSR count). The van der Waals surface area contributed by atoms with Crippen molar-refractivity contribution in [2.75, 3.05) is 13.1 Å². The topological polar surface area (TPSA) is 61.4 Å². The fourth-order valence-corrected chi connectivity index (χ4v) is 4.56. The van der Waals surface area contributed by atoms with Gasteiger partial charge in [0, 0.05) is 36.1 Å². The van der Waals surface area contributed by atoms with Gasteiger partial charge in [0.25, 0.3) is 5.91 Å². The Morgan fingerprint density at radius 2 is 2.00 bits per heavy atom. The quantitative estimate of drug-likeness (QED) is 0.852. The van der Waals surface area contributed by atoms with E-state index in [1.807, 2.05) is 24.3 Å². The van der Waals surface area contributed by atoms with Gasteiger partial charge in [-0.05, 0) is 35.9 Å². The summed E-state index contributed by atoms with van der Waals surface area (Å²) < 4.78 is 0. The molecule has 0 aliphatic carbocycles. The van der Waals surface area contributed by atoms with Gasteiger partial charge in [0.1, 0.15) is 0 Å². The van der Waals surface area contributed by atoms with Crippen LogP contribution in [0.2, 0.25) is 0 Å². The molecular weight excluding hydrogens is 346 g/mol. The molecule has 1 atom stereocenters. The smallest absolute Gasteiger partial charge is 0.252 e. The molecule has 0 saturated carbocycles. The molecule has 1 saturated heterocycles. The van der Waals surface area contributed by atoms with Crippen LogP contribution in [0.1, 0.15) is 46.1 Å². The van der Waals surface area contributed by atoms with Crippen molar-refractivity contribution >= 4 is 23.2 Å². The van der Waals surface area contributed by atoms with E-state index in [1.54, 1.807) is 11.3 Å². The van der Waals surface area contributed by atoms with Gasteiger partial charge in [-0.2, -0.15) is 0 Å². The fraction of sp³-hybridized carbons (Fsp3) is 0.400. The van der Waals surface area contributed by atoms with Gasteiger partial charge in [-0.25, -0.2) is 0 Å². The first-order chi connectivity index (χ1) is 12.7. The Labute approximate surface area is 157 Å². The summed E-state index contributed by atoms with van der Waals surface area (Å²) in [4.78, 5) is 28.3. The van der Waals surface area contributed by atoms with Gasteiger partial charge in [0.2, 0.25) is 5.91 Å². The number of hydrogen-bond acceptors (Lipinski definition) is 4. The van der Waals surface area contributed by atoms with Crippen LogP contribution in [0, 0.1) is 0 Å². The number of likely N-dealkylation sites (tertiary alicyclic amines) is 1. The summed E-state index contributed by atoms with van der Waals surface area (Å²) in [5, 5.41) is 8.18. The van der Waals surface area contributed by atoms with Gasteiger partial charge in [0.05, 0.1) is 12.5 Å². The van der Waals surface area contributed by atoms with Crippen molar-refractivity contribution in [3.63, 3.8) is 0 Å². The molecule has 6 heteroatoms. The van der Waals surface area contributed by atoms with E-state index in [2.05, 4.69) is 33.0 Å². The van der Waals surface area contributed by atoms with Crippen LogP contribution < -0.4 is 10.6 Å². The Morgan fingerprint density at radius 3 is 2.77 bits per heavy atom. The van der Waals surface area contributed by atoms with Crippen molar-refractivity contribution in [3.05, 3.63) is 57.8 Å². The summed E-state index contributed by atoms with van der Waals surface area (Å²) in [5.41, 5.74) is 1.62. The Morgan fingerprint density at radius 1 is 1.19 bits per heavy atom. The van der Waals surface area contributed by atoms with Crippen molar-refractivity contribution < 1.29 is 9.59 Å². The molecule has 1 aromatic carbocycles. The Balaban J connectivity index is 1.25. The summed E-state index contributed by atoms with van der Waals surface area (Å²) in [6.45, 7) is 3.01. The lowest BCUT2D eigenvalue weighted by molar-refractivity contribution is -0.122. The maximum absolute atomic E-state index is 12.4. The monoisotopic (exact) mass is 369 g/mol. The molecule has 26 heavy (non-hydrogen) atoms. The third kappa shape index (κ3) is 3.81. The number of hydrogen-bond donors (Lipinski definition) is 2. The molecule has 5 nitrogen and oxygen atoms in total. The van der Waals surface area contributed by atoms with Crippen LogP contribution in [0.4, 0.5) is 0 Å². The summed E-state index contributed by atoms with van der Waals surface area (Å²) in [7, 11) is 0. The van der Waals surface area contributed by atoms with Gasteiger partial charge in [-0.1, -0.05) is 24.3 Å². The van der Waals surface area contributed by atoms with Crippen LogP contribution in [0.25, 0.3) is 0 Å². The van der Waals surface area contributed by atoms with Crippen LogP contribution in [-0.2, 0) is 11.3 Å². The number of nitrogens with one attached hydrogen (secondary N) is 2. The lowest BCUT2D eigenvalue weighted by Gasteiger charge is -2.32. The predicted octanol–water partition coefficient (Wildman–Crippen LogP) is 2.70. The van der Waals surface area contributed by atoms with Gasteiger partial charge in [-0.15, -0.1) is 11.3 Å². The second-order valence-corrected chi connectivity index (χ2v) is 8.05. The Kier molecular flexibility index (Phi) is 5.04. The largest absolute Gasteiger partial charge is 0.353 e. The predicted molar refractivity (Wildman–Crippen MR) is 102 cm³/mol. The van der Waals surface area contributed by atoms with Gasteiger partial charge in [-0.3, -0.25) is 14.5 Å². The molecular formula is C20H23N3O2S. The van der Waals surface area contributed by atoms with Crippen molar-refractivity contribution in [2.45, 2.75) is 37.9 Å². The summed E-state index contributed by atoms with van der Waals surface area (Å²) in [5.74, 6) is -0.0657. The number of carbonyl (C=O) groups is 2. The van der Waals surface area contributed by atoms with E-state index in [4.69, 9.17) is 0 Å². The number of thiophene rings is 1. The highest BCUT2D eigenvalue weighted by molar-refractivity contribution is 7.09. The lowest BCUT2D eigenvalue weighted by Crippen LogP contribution is -2.44. The second kappa shape index (κ2) is 7.60. The molecule has 2 aliphatic heterocycles. The third-order valence-electron chi connectivity index (χ3n) is 5.19.